The molecule has 1 aromatic heterocycles. The van der Waals surface area contributed by atoms with E-state index in [2.05, 4.69) is 9.71 Å². The molecule has 0 aliphatic carbocycles. The Bertz CT molecular complexity index is 1010. The Morgan fingerprint density at radius 2 is 2.08 bits per heavy atom. The molecule has 0 aliphatic rings. The quantitative estimate of drug-likeness (QED) is 0.610. The smallest absolute Gasteiger partial charge is 0.261 e. The van der Waals surface area contributed by atoms with E-state index >= 15 is 0 Å². The van der Waals surface area contributed by atoms with Crippen molar-refractivity contribution in [2.24, 2.45) is 0 Å². The lowest BCUT2D eigenvalue weighted by Crippen LogP contribution is -2.13. The van der Waals surface area contributed by atoms with Gasteiger partial charge in [0.05, 0.1) is 25.8 Å². The molecule has 0 saturated carbocycles. The van der Waals surface area contributed by atoms with Gasteiger partial charge in [-0.3, -0.25) is 4.72 Å². The maximum absolute atomic E-state index is 13.1. The normalized spacial score (nSPS) is 11.8. The van der Waals surface area contributed by atoms with Crippen LogP contribution in [0.5, 0.6) is 0 Å². The maximum atomic E-state index is 13.1. The predicted molar refractivity (Wildman–Crippen MR) is 98.2 cm³/mol. The summed E-state index contributed by atoms with van der Waals surface area (Å²) in [6, 6.07) is 8.22. The molecular weight excluding hydrogens is 391 g/mol. The Balaban J connectivity index is 1.95. The van der Waals surface area contributed by atoms with Crippen LogP contribution in [-0.2, 0) is 10.0 Å². The largest absolute Gasteiger partial charge is 0.278 e. The molecule has 4 nitrogen and oxygen atoms in total. The Kier molecular flexibility index (Phi) is 5.00. The summed E-state index contributed by atoms with van der Waals surface area (Å²) < 4.78 is 42.2. The molecule has 9 heteroatoms. The maximum Gasteiger partial charge on any atom is 0.261 e. The zero-order valence-electron chi connectivity index (χ0n) is 12.4. The minimum atomic E-state index is -3.83. The fourth-order valence-electron chi connectivity index (χ4n) is 2.01. The Morgan fingerprint density at radius 1 is 1.29 bits per heavy atom. The Labute approximate surface area is 152 Å². The Morgan fingerprint density at radius 3 is 2.79 bits per heavy atom. The third kappa shape index (κ3) is 3.66. The number of sulfonamides is 1. The van der Waals surface area contributed by atoms with E-state index in [0.29, 0.717) is 0 Å². The van der Waals surface area contributed by atoms with E-state index in [1.54, 1.807) is 23.9 Å². The van der Waals surface area contributed by atoms with Gasteiger partial charge < -0.3 is 0 Å². The third-order valence-corrected chi connectivity index (χ3v) is 6.81. The summed E-state index contributed by atoms with van der Waals surface area (Å²) in [6.07, 6.45) is 0. The van der Waals surface area contributed by atoms with Crippen LogP contribution in [0.1, 0.15) is 6.92 Å². The molecule has 0 fully saturated rings. The Hall–Kier alpha value is -1.35. The van der Waals surface area contributed by atoms with Crippen LogP contribution in [0.3, 0.4) is 0 Å². The molecule has 0 atom stereocenters. The summed E-state index contributed by atoms with van der Waals surface area (Å²) in [7, 11) is -3.83. The summed E-state index contributed by atoms with van der Waals surface area (Å²) in [5.41, 5.74) is 0.888. The van der Waals surface area contributed by atoms with Gasteiger partial charge in [-0.2, -0.15) is 0 Å². The van der Waals surface area contributed by atoms with Crippen LogP contribution in [0.25, 0.3) is 10.2 Å². The van der Waals surface area contributed by atoms with Crippen molar-refractivity contribution in [3.63, 3.8) is 0 Å². The summed E-state index contributed by atoms with van der Waals surface area (Å²) >= 11 is 8.94. The minimum absolute atomic E-state index is 0.000856. The zero-order valence-corrected chi connectivity index (χ0v) is 15.6. The fourth-order valence-corrected chi connectivity index (χ4v) is 5.47. The predicted octanol–water partition coefficient (Wildman–Crippen LogP) is 5.00. The lowest BCUT2D eigenvalue weighted by Gasteiger charge is -2.09. The first kappa shape index (κ1) is 17.5. The van der Waals surface area contributed by atoms with Crippen molar-refractivity contribution in [1.29, 1.82) is 0 Å². The molecule has 1 heterocycles. The number of hydrogen-bond donors (Lipinski definition) is 1. The summed E-state index contributed by atoms with van der Waals surface area (Å²) in [4.78, 5) is 4.54. The van der Waals surface area contributed by atoms with Crippen molar-refractivity contribution >= 4 is 60.6 Å². The molecule has 2 aromatic carbocycles. The first-order valence-corrected chi connectivity index (χ1v) is 10.6. The zero-order chi connectivity index (χ0) is 17.3. The second kappa shape index (κ2) is 6.87. The number of halogens is 2. The van der Waals surface area contributed by atoms with Gasteiger partial charge in [-0.1, -0.05) is 30.3 Å². The second-order valence-electron chi connectivity index (χ2n) is 4.77. The van der Waals surface area contributed by atoms with Crippen LogP contribution in [-0.4, -0.2) is 19.2 Å². The minimum Gasteiger partial charge on any atom is -0.278 e. The number of aromatic nitrogens is 1. The van der Waals surface area contributed by atoms with Crippen molar-refractivity contribution in [1.82, 2.24) is 4.98 Å². The van der Waals surface area contributed by atoms with Gasteiger partial charge in [-0.15, -0.1) is 11.3 Å². The fraction of sp³-hybridized carbons (Fsp3) is 0.133. The standard InChI is InChI=1S/C15H12ClFN2O2S3/c1-2-22-15-18-13-6-4-10(8-14(13)23-15)24(20,21)19-12-5-3-9(17)7-11(12)16/h3-8,19H,2H2,1H3. The number of nitrogens with zero attached hydrogens (tertiary/aromatic N) is 1. The van der Waals surface area contributed by atoms with Gasteiger partial charge in [0.2, 0.25) is 0 Å². The molecule has 3 rings (SSSR count). The number of anilines is 1. The van der Waals surface area contributed by atoms with E-state index in [9.17, 15) is 12.8 Å². The SMILES string of the molecule is CCSc1nc2ccc(S(=O)(=O)Nc3ccc(F)cc3Cl)cc2s1. The van der Waals surface area contributed by atoms with Gasteiger partial charge in [-0.05, 0) is 42.2 Å². The molecule has 0 bridgehead atoms. The summed E-state index contributed by atoms with van der Waals surface area (Å²) in [5.74, 6) is 0.366. The van der Waals surface area contributed by atoms with Crippen LogP contribution in [0.15, 0.2) is 45.6 Å². The first-order valence-electron chi connectivity index (χ1n) is 6.90. The van der Waals surface area contributed by atoms with Crippen molar-refractivity contribution in [2.45, 2.75) is 16.2 Å². The average Bonchev–Trinajstić information content (AvgIpc) is 2.92. The molecule has 0 amide bonds. The first-order chi connectivity index (χ1) is 11.4. The number of nitrogens with one attached hydrogen (secondary N) is 1. The highest BCUT2D eigenvalue weighted by Crippen LogP contribution is 2.32. The lowest BCUT2D eigenvalue weighted by atomic mass is 10.3. The molecule has 24 heavy (non-hydrogen) atoms. The van der Waals surface area contributed by atoms with E-state index in [0.717, 1.165) is 32.4 Å². The number of rotatable bonds is 5. The van der Waals surface area contributed by atoms with Crippen molar-refractivity contribution in [3.8, 4) is 0 Å². The molecule has 0 spiro atoms. The number of thiazole rings is 1. The third-order valence-electron chi connectivity index (χ3n) is 3.09. The number of fused-ring (bicyclic) bond motifs is 1. The highest BCUT2D eigenvalue weighted by Gasteiger charge is 2.17. The second-order valence-corrected chi connectivity index (χ2v) is 9.40. The van der Waals surface area contributed by atoms with Gasteiger partial charge in [0, 0.05) is 0 Å². The van der Waals surface area contributed by atoms with E-state index in [-0.39, 0.29) is 15.6 Å². The molecule has 0 radical (unpaired) electrons. The van der Waals surface area contributed by atoms with Crippen LogP contribution in [0.2, 0.25) is 5.02 Å². The van der Waals surface area contributed by atoms with Crippen LogP contribution in [0.4, 0.5) is 10.1 Å². The van der Waals surface area contributed by atoms with Gasteiger partial charge in [0.1, 0.15) is 5.82 Å². The van der Waals surface area contributed by atoms with Gasteiger partial charge in [-0.25, -0.2) is 17.8 Å². The monoisotopic (exact) mass is 402 g/mol. The van der Waals surface area contributed by atoms with Crippen LogP contribution < -0.4 is 4.72 Å². The molecule has 1 N–H and O–H groups in total. The highest BCUT2D eigenvalue weighted by atomic mass is 35.5. The number of thioether (sulfide) groups is 1. The molecule has 0 unspecified atom stereocenters. The lowest BCUT2D eigenvalue weighted by molar-refractivity contribution is 0.601. The van der Waals surface area contributed by atoms with E-state index in [1.807, 2.05) is 6.92 Å². The van der Waals surface area contributed by atoms with E-state index in [4.69, 9.17) is 11.6 Å². The molecule has 3 aromatic rings. The average molecular weight is 403 g/mol. The summed E-state index contributed by atoms with van der Waals surface area (Å²) in [6.45, 7) is 2.03. The van der Waals surface area contributed by atoms with Gasteiger partial charge in [0.25, 0.3) is 10.0 Å². The molecular formula is C15H12ClFN2O2S3. The molecule has 0 aliphatic heterocycles. The summed E-state index contributed by atoms with van der Waals surface area (Å²) in [5, 5.41) is -0.000856. The van der Waals surface area contributed by atoms with Gasteiger partial charge >= 0.3 is 0 Å². The van der Waals surface area contributed by atoms with Crippen molar-refractivity contribution in [3.05, 3.63) is 47.2 Å². The van der Waals surface area contributed by atoms with Gasteiger partial charge in [0.15, 0.2) is 4.34 Å². The van der Waals surface area contributed by atoms with Crippen LogP contribution >= 0.6 is 34.7 Å². The highest BCUT2D eigenvalue weighted by molar-refractivity contribution is 8.01. The van der Waals surface area contributed by atoms with E-state index in [1.165, 1.54) is 23.5 Å². The van der Waals surface area contributed by atoms with E-state index < -0.39 is 15.8 Å². The topological polar surface area (TPSA) is 59.1 Å². The number of benzene rings is 2. The van der Waals surface area contributed by atoms with Crippen LogP contribution in [0, 0.1) is 5.82 Å². The molecule has 126 valence electrons. The molecule has 0 saturated heterocycles. The van der Waals surface area contributed by atoms with Crippen molar-refractivity contribution in [2.75, 3.05) is 10.5 Å². The number of hydrogen-bond acceptors (Lipinski definition) is 5. The van der Waals surface area contributed by atoms with Crippen molar-refractivity contribution < 1.29 is 12.8 Å².